The molecule has 0 fully saturated rings. The van der Waals surface area contributed by atoms with Gasteiger partial charge in [0.15, 0.2) is 5.75 Å². The van der Waals surface area contributed by atoms with Gasteiger partial charge in [0, 0.05) is 23.4 Å². The predicted octanol–water partition coefficient (Wildman–Crippen LogP) is 3.38. The summed E-state index contributed by atoms with van der Waals surface area (Å²) in [6.07, 6.45) is 4.16. The fraction of sp³-hybridized carbons (Fsp3) is 0. The molecule has 1 aromatic heterocycles. The molecule has 0 saturated carbocycles. The van der Waals surface area contributed by atoms with Gasteiger partial charge in [-0.2, -0.15) is 0 Å². The van der Waals surface area contributed by atoms with E-state index in [0.717, 1.165) is 18.2 Å². The Bertz CT molecular complexity index is 920. The SMILES string of the molecule is Nc1cc(C(=O)Nc2cc(F)cc(Oc3cncnc3)c2)ccc1F. The molecule has 3 aromatic rings. The zero-order valence-electron chi connectivity index (χ0n) is 12.7. The van der Waals surface area contributed by atoms with Gasteiger partial charge in [0.25, 0.3) is 5.91 Å². The average molecular weight is 342 g/mol. The number of anilines is 2. The van der Waals surface area contributed by atoms with Crippen LogP contribution >= 0.6 is 0 Å². The molecule has 3 N–H and O–H groups in total. The van der Waals surface area contributed by atoms with E-state index in [2.05, 4.69) is 15.3 Å². The van der Waals surface area contributed by atoms with Crippen LogP contribution in [0.25, 0.3) is 0 Å². The van der Waals surface area contributed by atoms with Gasteiger partial charge in [0.05, 0.1) is 18.1 Å². The Kier molecular flexibility index (Phi) is 4.51. The van der Waals surface area contributed by atoms with Gasteiger partial charge in [-0.3, -0.25) is 4.79 Å². The third-order valence-corrected chi connectivity index (χ3v) is 3.16. The smallest absolute Gasteiger partial charge is 0.255 e. The summed E-state index contributed by atoms with van der Waals surface area (Å²) < 4.78 is 32.4. The molecule has 6 nitrogen and oxygen atoms in total. The fourth-order valence-electron chi connectivity index (χ4n) is 2.06. The summed E-state index contributed by atoms with van der Waals surface area (Å²) in [4.78, 5) is 19.8. The minimum Gasteiger partial charge on any atom is -0.454 e. The van der Waals surface area contributed by atoms with Crippen molar-refractivity contribution in [3.63, 3.8) is 0 Å². The fourth-order valence-corrected chi connectivity index (χ4v) is 2.06. The maximum absolute atomic E-state index is 13.8. The number of amides is 1. The molecule has 1 heterocycles. The maximum atomic E-state index is 13.8. The van der Waals surface area contributed by atoms with Crippen LogP contribution in [-0.2, 0) is 0 Å². The molecule has 25 heavy (non-hydrogen) atoms. The van der Waals surface area contributed by atoms with Crippen molar-refractivity contribution in [1.29, 1.82) is 0 Å². The molecule has 0 aliphatic carbocycles. The highest BCUT2D eigenvalue weighted by Gasteiger charge is 2.11. The van der Waals surface area contributed by atoms with Crippen LogP contribution in [0.2, 0.25) is 0 Å². The molecular formula is C17H12F2N4O2. The second-order valence-corrected chi connectivity index (χ2v) is 5.04. The molecule has 0 aliphatic rings. The van der Waals surface area contributed by atoms with Crippen molar-refractivity contribution in [2.45, 2.75) is 0 Å². The summed E-state index contributed by atoms with van der Waals surface area (Å²) in [6, 6.07) is 7.26. The number of carbonyl (C=O) groups excluding carboxylic acids is 1. The minimum atomic E-state index is -0.622. The van der Waals surface area contributed by atoms with Gasteiger partial charge in [-0.15, -0.1) is 0 Å². The van der Waals surface area contributed by atoms with E-state index < -0.39 is 17.5 Å². The number of rotatable bonds is 4. The highest BCUT2D eigenvalue weighted by atomic mass is 19.1. The summed E-state index contributed by atoms with van der Waals surface area (Å²) in [5.74, 6) is -1.32. The van der Waals surface area contributed by atoms with Gasteiger partial charge < -0.3 is 15.8 Å². The Labute approximate surface area is 141 Å². The third kappa shape index (κ3) is 4.05. The second kappa shape index (κ2) is 6.91. The molecule has 0 saturated heterocycles. The summed E-state index contributed by atoms with van der Waals surface area (Å²) in [7, 11) is 0. The normalized spacial score (nSPS) is 10.3. The number of hydrogen-bond donors (Lipinski definition) is 2. The number of halogens is 2. The van der Waals surface area contributed by atoms with Crippen LogP contribution in [0.4, 0.5) is 20.2 Å². The highest BCUT2D eigenvalue weighted by molar-refractivity contribution is 6.04. The minimum absolute atomic E-state index is 0.141. The van der Waals surface area contributed by atoms with E-state index in [4.69, 9.17) is 10.5 Å². The lowest BCUT2D eigenvalue weighted by Gasteiger charge is -2.10. The number of nitrogens with one attached hydrogen (secondary N) is 1. The molecule has 0 bridgehead atoms. The van der Waals surface area contributed by atoms with Crippen molar-refractivity contribution in [2.24, 2.45) is 0 Å². The predicted molar refractivity (Wildman–Crippen MR) is 87.3 cm³/mol. The molecule has 8 heteroatoms. The van der Waals surface area contributed by atoms with Crippen molar-refractivity contribution in [3.05, 3.63) is 72.3 Å². The summed E-state index contributed by atoms with van der Waals surface area (Å²) in [5.41, 5.74) is 5.59. The van der Waals surface area contributed by atoms with E-state index in [0.29, 0.717) is 5.75 Å². The Balaban J connectivity index is 1.80. The maximum Gasteiger partial charge on any atom is 0.255 e. The van der Waals surface area contributed by atoms with Crippen LogP contribution in [0.5, 0.6) is 11.5 Å². The molecule has 2 aromatic carbocycles. The number of benzene rings is 2. The van der Waals surface area contributed by atoms with Gasteiger partial charge in [-0.25, -0.2) is 18.7 Å². The number of nitrogen functional groups attached to an aromatic ring is 1. The van der Waals surface area contributed by atoms with E-state index in [9.17, 15) is 13.6 Å². The number of hydrogen-bond acceptors (Lipinski definition) is 5. The Morgan fingerprint density at radius 2 is 1.80 bits per heavy atom. The molecule has 0 atom stereocenters. The summed E-state index contributed by atoms with van der Waals surface area (Å²) in [5, 5.41) is 2.50. The summed E-state index contributed by atoms with van der Waals surface area (Å²) in [6.45, 7) is 0. The molecule has 1 amide bonds. The monoisotopic (exact) mass is 342 g/mol. The van der Waals surface area contributed by atoms with Crippen molar-refractivity contribution >= 4 is 17.3 Å². The van der Waals surface area contributed by atoms with E-state index in [1.165, 1.54) is 36.9 Å². The van der Waals surface area contributed by atoms with Gasteiger partial charge >= 0.3 is 0 Å². The average Bonchev–Trinajstić information content (AvgIpc) is 2.57. The number of carbonyl (C=O) groups is 1. The van der Waals surface area contributed by atoms with Crippen LogP contribution in [0.1, 0.15) is 10.4 Å². The molecule has 3 rings (SSSR count). The van der Waals surface area contributed by atoms with Crippen molar-refractivity contribution in [2.75, 3.05) is 11.1 Å². The molecule has 0 spiro atoms. The third-order valence-electron chi connectivity index (χ3n) is 3.16. The Morgan fingerprint density at radius 1 is 1.04 bits per heavy atom. The molecular weight excluding hydrogens is 330 g/mol. The molecule has 0 aliphatic heterocycles. The van der Waals surface area contributed by atoms with Crippen molar-refractivity contribution in [3.8, 4) is 11.5 Å². The van der Waals surface area contributed by atoms with E-state index >= 15 is 0 Å². The topological polar surface area (TPSA) is 90.1 Å². The summed E-state index contributed by atoms with van der Waals surface area (Å²) >= 11 is 0. The van der Waals surface area contributed by atoms with Gasteiger partial charge in [0.2, 0.25) is 0 Å². The van der Waals surface area contributed by atoms with Gasteiger partial charge in [-0.1, -0.05) is 0 Å². The van der Waals surface area contributed by atoms with E-state index in [1.807, 2.05) is 0 Å². The Hall–Kier alpha value is -3.55. The lowest BCUT2D eigenvalue weighted by Crippen LogP contribution is -2.12. The van der Waals surface area contributed by atoms with Crippen LogP contribution in [0.3, 0.4) is 0 Å². The standard InChI is InChI=1S/C17H12F2N4O2/c18-11-4-12(6-13(5-11)25-14-7-21-9-22-8-14)23-17(24)10-1-2-15(19)16(20)3-10/h1-9H,20H2,(H,23,24). The number of nitrogens with zero attached hydrogens (tertiary/aromatic N) is 2. The number of aromatic nitrogens is 2. The largest absolute Gasteiger partial charge is 0.454 e. The first-order valence-corrected chi connectivity index (χ1v) is 7.11. The lowest BCUT2D eigenvalue weighted by atomic mass is 10.1. The lowest BCUT2D eigenvalue weighted by molar-refractivity contribution is 0.102. The van der Waals surface area contributed by atoms with E-state index in [-0.39, 0.29) is 22.7 Å². The van der Waals surface area contributed by atoms with Crippen LogP contribution in [0.15, 0.2) is 55.1 Å². The molecule has 0 unspecified atom stereocenters. The van der Waals surface area contributed by atoms with Gasteiger partial charge in [0.1, 0.15) is 23.7 Å². The molecule has 0 radical (unpaired) electrons. The van der Waals surface area contributed by atoms with Crippen molar-refractivity contribution < 1.29 is 18.3 Å². The Morgan fingerprint density at radius 3 is 2.52 bits per heavy atom. The van der Waals surface area contributed by atoms with Crippen molar-refractivity contribution in [1.82, 2.24) is 9.97 Å². The first kappa shape index (κ1) is 16.3. The van der Waals surface area contributed by atoms with Crippen LogP contribution in [-0.4, -0.2) is 15.9 Å². The number of ether oxygens (including phenoxy) is 1. The highest BCUT2D eigenvalue weighted by Crippen LogP contribution is 2.25. The van der Waals surface area contributed by atoms with Gasteiger partial charge in [-0.05, 0) is 24.3 Å². The first-order valence-electron chi connectivity index (χ1n) is 7.11. The second-order valence-electron chi connectivity index (χ2n) is 5.04. The van der Waals surface area contributed by atoms with Crippen LogP contribution < -0.4 is 15.8 Å². The first-order chi connectivity index (χ1) is 12.0. The zero-order chi connectivity index (χ0) is 17.8. The van der Waals surface area contributed by atoms with E-state index in [1.54, 1.807) is 0 Å². The zero-order valence-corrected chi connectivity index (χ0v) is 12.7. The number of nitrogens with two attached hydrogens (primary N) is 1. The quantitative estimate of drug-likeness (QED) is 0.710. The molecule has 126 valence electrons. The van der Waals surface area contributed by atoms with Crippen LogP contribution in [0, 0.1) is 11.6 Å².